The van der Waals surface area contributed by atoms with Crippen LogP contribution in [0.4, 0.5) is 4.39 Å². The minimum Gasteiger partial charge on any atom is -0.493 e. The van der Waals surface area contributed by atoms with Crippen LogP contribution in [-0.4, -0.2) is 28.4 Å². The first-order valence-electron chi connectivity index (χ1n) is 12.6. The smallest absolute Gasteiger partial charge is 0.307 e. The molecule has 3 atom stereocenters. The Hall–Kier alpha value is -3.58. The summed E-state index contributed by atoms with van der Waals surface area (Å²) in [5, 5.41) is 19.0. The van der Waals surface area contributed by atoms with Crippen molar-refractivity contribution in [1.29, 1.82) is 0 Å². The largest absolute Gasteiger partial charge is 0.493 e. The molecule has 7 heteroatoms. The second-order valence-electron chi connectivity index (χ2n) is 10.4. The minimum absolute atomic E-state index is 0.0595. The van der Waals surface area contributed by atoms with Gasteiger partial charge in [-0.2, -0.15) is 0 Å². The first-order chi connectivity index (χ1) is 17.7. The molecule has 3 aromatic carbocycles. The van der Waals surface area contributed by atoms with Crippen LogP contribution in [0.25, 0.3) is 0 Å². The van der Waals surface area contributed by atoms with E-state index < -0.39 is 17.7 Å². The Morgan fingerprint density at radius 2 is 1.68 bits per heavy atom. The molecule has 2 aliphatic rings. The van der Waals surface area contributed by atoms with Crippen molar-refractivity contribution < 1.29 is 33.6 Å². The van der Waals surface area contributed by atoms with Crippen LogP contribution in [0.15, 0.2) is 60.7 Å². The zero-order valence-electron chi connectivity index (χ0n) is 20.9. The molecule has 37 heavy (non-hydrogen) atoms. The van der Waals surface area contributed by atoms with Crippen LogP contribution in [0.5, 0.6) is 23.0 Å². The van der Waals surface area contributed by atoms with E-state index in [0.717, 1.165) is 11.1 Å². The highest BCUT2D eigenvalue weighted by Gasteiger charge is 2.44. The number of carboxylic acids is 1. The number of hydrogen-bond acceptors (Lipinski definition) is 5. The van der Waals surface area contributed by atoms with Gasteiger partial charge in [0, 0.05) is 17.5 Å². The Balaban J connectivity index is 1.24. The first kappa shape index (κ1) is 25.1. The highest BCUT2D eigenvalue weighted by atomic mass is 19.1. The molecule has 6 nitrogen and oxygen atoms in total. The Morgan fingerprint density at radius 3 is 2.32 bits per heavy atom. The van der Waals surface area contributed by atoms with Crippen molar-refractivity contribution in [2.24, 2.45) is 5.92 Å². The van der Waals surface area contributed by atoms with E-state index in [-0.39, 0.29) is 17.7 Å². The van der Waals surface area contributed by atoms with Crippen molar-refractivity contribution >= 4 is 5.97 Å². The summed E-state index contributed by atoms with van der Waals surface area (Å²) in [5.74, 6) is 1.20. The van der Waals surface area contributed by atoms with Gasteiger partial charge >= 0.3 is 5.97 Å². The minimum atomic E-state index is -0.779. The lowest BCUT2D eigenvalue weighted by Crippen LogP contribution is -2.21. The van der Waals surface area contributed by atoms with Crippen LogP contribution in [0.3, 0.4) is 0 Å². The summed E-state index contributed by atoms with van der Waals surface area (Å²) >= 11 is 0. The van der Waals surface area contributed by atoms with Crippen LogP contribution in [0, 0.1) is 11.7 Å². The number of aliphatic carboxylic acids is 1. The molecule has 5 rings (SSSR count). The van der Waals surface area contributed by atoms with Gasteiger partial charge in [0.2, 0.25) is 0 Å². The van der Waals surface area contributed by atoms with Gasteiger partial charge in [0.1, 0.15) is 34.9 Å². The predicted molar refractivity (Wildman–Crippen MR) is 136 cm³/mol. The molecule has 1 saturated carbocycles. The van der Waals surface area contributed by atoms with Crippen molar-refractivity contribution in [3.8, 4) is 23.0 Å². The molecular formula is C30H31FO6. The first-order valence-corrected chi connectivity index (χ1v) is 12.6. The quantitative estimate of drug-likeness (QED) is 0.330. The lowest BCUT2D eigenvalue weighted by Gasteiger charge is -2.17. The van der Waals surface area contributed by atoms with Crippen LogP contribution in [-0.2, 0) is 11.2 Å². The molecular weight excluding hydrogens is 475 g/mol. The molecule has 0 amide bonds. The Labute approximate surface area is 215 Å². The average molecular weight is 507 g/mol. The third-order valence-electron chi connectivity index (χ3n) is 6.97. The topological polar surface area (TPSA) is 85.2 Å². The standard InChI is InChI=1S/C30H31FO6/c1-30(2,34)15-16-35-19-7-9-21(10-8-19)36-26-14-12-25(31)28-22(26)11-13-27(28)37-20-5-3-18(4-6-20)23-17-24(23)29(32)33/h3-10,12,14,23-24,27,34H,11,13,15-17H2,1-2H3,(H,32,33). The molecule has 0 radical (unpaired) electrons. The summed E-state index contributed by atoms with van der Waals surface area (Å²) < 4.78 is 32.8. The fraction of sp³-hybridized carbons (Fsp3) is 0.367. The lowest BCUT2D eigenvalue weighted by atomic mass is 10.1. The molecule has 2 N–H and O–H groups in total. The normalized spacial score (nSPS) is 20.3. The molecule has 0 spiro atoms. The number of carboxylic acid groups (broad SMARTS) is 1. The SMILES string of the molecule is CC(C)(O)CCOc1ccc(Oc2ccc(F)c3c2CCC3Oc2ccc(C3CC3C(=O)O)cc2)cc1. The van der Waals surface area contributed by atoms with Crippen molar-refractivity contribution in [3.63, 3.8) is 0 Å². The second-order valence-corrected chi connectivity index (χ2v) is 10.4. The summed E-state index contributed by atoms with van der Waals surface area (Å²) in [5.41, 5.74) is 1.52. The molecule has 0 bridgehead atoms. The Morgan fingerprint density at radius 1 is 1.00 bits per heavy atom. The van der Waals surface area contributed by atoms with E-state index in [2.05, 4.69) is 0 Å². The van der Waals surface area contributed by atoms with E-state index in [1.807, 2.05) is 24.3 Å². The Kier molecular flexibility index (Phi) is 6.82. The van der Waals surface area contributed by atoms with Crippen molar-refractivity contribution in [2.75, 3.05) is 6.61 Å². The van der Waals surface area contributed by atoms with Gasteiger partial charge in [-0.1, -0.05) is 12.1 Å². The number of rotatable bonds is 10. The van der Waals surface area contributed by atoms with E-state index in [4.69, 9.17) is 19.3 Å². The van der Waals surface area contributed by atoms with E-state index in [1.165, 1.54) is 6.07 Å². The monoisotopic (exact) mass is 506 g/mol. The van der Waals surface area contributed by atoms with Gasteiger partial charge in [0.15, 0.2) is 0 Å². The highest BCUT2D eigenvalue weighted by Crippen LogP contribution is 2.48. The van der Waals surface area contributed by atoms with Gasteiger partial charge < -0.3 is 24.4 Å². The van der Waals surface area contributed by atoms with Gasteiger partial charge in [0.05, 0.1) is 18.1 Å². The molecule has 194 valence electrons. The maximum absolute atomic E-state index is 14.9. The number of hydrogen-bond donors (Lipinski definition) is 2. The molecule has 1 fully saturated rings. The summed E-state index contributed by atoms with van der Waals surface area (Å²) in [6.07, 6.45) is 2.02. The number of ether oxygens (including phenoxy) is 3. The third kappa shape index (κ3) is 5.88. The number of carbonyl (C=O) groups is 1. The fourth-order valence-corrected chi connectivity index (χ4v) is 4.80. The summed E-state index contributed by atoms with van der Waals surface area (Å²) in [7, 11) is 0. The van der Waals surface area contributed by atoms with Gasteiger partial charge in [-0.25, -0.2) is 4.39 Å². The number of aliphatic hydroxyl groups is 1. The zero-order valence-corrected chi connectivity index (χ0v) is 20.9. The van der Waals surface area contributed by atoms with Crippen LogP contribution < -0.4 is 14.2 Å². The molecule has 0 saturated heterocycles. The van der Waals surface area contributed by atoms with Gasteiger partial charge in [-0.05, 0) is 93.1 Å². The molecule has 0 aliphatic heterocycles. The van der Waals surface area contributed by atoms with Crippen LogP contribution in [0.2, 0.25) is 0 Å². The van der Waals surface area contributed by atoms with Crippen LogP contribution in [0.1, 0.15) is 61.8 Å². The van der Waals surface area contributed by atoms with Crippen molar-refractivity contribution in [3.05, 3.63) is 83.2 Å². The highest BCUT2D eigenvalue weighted by molar-refractivity contribution is 5.75. The van der Waals surface area contributed by atoms with Crippen LogP contribution >= 0.6 is 0 Å². The summed E-state index contributed by atoms with van der Waals surface area (Å²) in [6, 6.07) is 17.7. The van der Waals surface area contributed by atoms with Gasteiger partial charge in [-0.3, -0.25) is 4.79 Å². The van der Waals surface area contributed by atoms with Crippen molar-refractivity contribution in [2.45, 2.75) is 57.2 Å². The summed E-state index contributed by atoms with van der Waals surface area (Å²) in [6.45, 7) is 3.89. The van der Waals surface area contributed by atoms with E-state index >= 15 is 0 Å². The number of fused-ring (bicyclic) bond motifs is 1. The van der Waals surface area contributed by atoms with E-state index in [9.17, 15) is 14.3 Å². The molecule has 3 unspecified atom stereocenters. The lowest BCUT2D eigenvalue weighted by molar-refractivity contribution is -0.138. The molecule has 0 aromatic heterocycles. The predicted octanol–water partition coefficient (Wildman–Crippen LogP) is 6.41. The average Bonchev–Trinajstić information content (AvgIpc) is 3.55. The van der Waals surface area contributed by atoms with E-state index in [1.54, 1.807) is 44.2 Å². The van der Waals surface area contributed by atoms with E-state index in [0.29, 0.717) is 60.9 Å². The van der Waals surface area contributed by atoms with Gasteiger partial charge in [-0.15, -0.1) is 0 Å². The number of halogens is 1. The molecule has 3 aromatic rings. The summed E-state index contributed by atoms with van der Waals surface area (Å²) in [4.78, 5) is 11.1. The molecule has 0 heterocycles. The molecule has 2 aliphatic carbocycles. The fourth-order valence-electron chi connectivity index (χ4n) is 4.80. The van der Waals surface area contributed by atoms with Crippen molar-refractivity contribution in [1.82, 2.24) is 0 Å². The third-order valence-corrected chi connectivity index (χ3v) is 6.97. The van der Waals surface area contributed by atoms with Gasteiger partial charge in [0.25, 0.3) is 0 Å². The maximum atomic E-state index is 14.9. The number of benzene rings is 3. The second kappa shape index (κ2) is 10.1. The zero-order chi connectivity index (χ0) is 26.2. The maximum Gasteiger partial charge on any atom is 0.307 e. The Bertz CT molecular complexity index is 1260.